The average molecular weight is 286 g/mol. The molecule has 2 rings (SSSR count). The monoisotopic (exact) mass is 286 g/mol. The highest BCUT2D eigenvalue weighted by molar-refractivity contribution is 5.96. The van der Waals surface area contributed by atoms with Crippen molar-refractivity contribution in [2.45, 2.75) is 13.5 Å². The summed E-state index contributed by atoms with van der Waals surface area (Å²) in [5.41, 5.74) is 2.52. The number of benzene rings is 1. The van der Waals surface area contributed by atoms with Gasteiger partial charge in [-0.25, -0.2) is 4.79 Å². The number of aliphatic carboxylic acids is 1. The zero-order valence-electron chi connectivity index (χ0n) is 11.4. The van der Waals surface area contributed by atoms with E-state index >= 15 is 0 Å². The maximum Gasteiger partial charge on any atom is 0.328 e. The number of nitrogens with zero attached hydrogens (tertiary/aromatic N) is 1. The van der Waals surface area contributed by atoms with Crippen molar-refractivity contribution in [1.29, 1.82) is 0 Å². The van der Waals surface area contributed by atoms with Gasteiger partial charge in [0.25, 0.3) is 5.91 Å². The second-order valence-electron chi connectivity index (χ2n) is 4.36. The van der Waals surface area contributed by atoms with Crippen LogP contribution in [0.25, 0.3) is 6.08 Å². The Morgan fingerprint density at radius 2 is 2.19 bits per heavy atom. The highest BCUT2D eigenvalue weighted by atomic mass is 16.5. The summed E-state index contributed by atoms with van der Waals surface area (Å²) in [6.45, 7) is 2.04. The molecular weight excluding hydrogens is 272 g/mol. The Bertz CT molecular complexity index is 675. The molecule has 0 aliphatic rings. The molecule has 6 nitrogen and oxygen atoms in total. The lowest BCUT2D eigenvalue weighted by Gasteiger charge is -2.08. The maximum absolute atomic E-state index is 12.1. The number of rotatable bonds is 5. The van der Waals surface area contributed by atoms with E-state index in [0.29, 0.717) is 22.4 Å². The zero-order valence-corrected chi connectivity index (χ0v) is 11.4. The fraction of sp³-hybridized carbons (Fsp3) is 0.133. The highest BCUT2D eigenvalue weighted by Gasteiger charge is 2.11. The van der Waals surface area contributed by atoms with E-state index in [1.54, 1.807) is 31.2 Å². The molecule has 2 N–H and O–H groups in total. The van der Waals surface area contributed by atoms with Crippen LogP contribution in [0.15, 0.2) is 41.1 Å². The van der Waals surface area contributed by atoms with Crippen molar-refractivity contribution >= 4 is 18.0 Å². The molecule has 1 heterocycles. The third kappa shape index (κ3) is 3.79. The van der Waals surface area contributed by atoms with Gasteiger partial charge in [0.05, 0.1) is 6.54 Å². The molecule has 108 valence electrons. The summed E-state index contributed by atoms with van der Waals surface area (Å²) in [5, 5.41) is 15.1. The van der Waals surface area contributed by atoms with Crippen LogP contribution in [0.4, 0.5) is 0 Å². The van der Waals surface area contributed by atoms with Crippen molar-refractivity contribution in [2.75, 3.05) is 0 Å². The molecule has 6 heteroatoms. The third-order valence-electron chi connectivity index (χ3n) is 2.95. The number of hydrogen-bond donors (Lipinski definition) is 2. The fourth-order valence-corrected chi connectivity index (χ4v) is 1.84. The standard InChI is InChI=1S/C15H14N2O4/c1-10-11(5-6-14(18)19)3-2-4-13(10)15(20)16-9-12-7-8-21-17-12/h2-8H,9H2,1H3,(H,16,20)(H,18,19)/b6-5+. The molecule has 0 saturated carbocycles. The Morgan fingerprint density at radius 1 is 1.38 bits per heavy atom. The molecule has 0 radical (unpaired) electrons. The highest BCUT2D eigenvalue weighted by Crippen LogP contribution is 2.15. The second kappa shape index (κ2) is 6.51. The molecule has 2 aromatic rings. The summed E-state index contributed by atoms with van der Waals surface area (Å²) in [7, 11) is 0. The zero-order chi connectivity index (χ0) is 15.2. The summed E-state index contributed by atoms with van der Waals surface area (Å²) < 4.78 is 4.68. The first-order chi connectivity index (χ1) is 10.1. The first kappa shape index (κ1) is 14.5. The smallest absolute Gasteiger partial charge is 0.328 e. The third-order valence-corrected chi connectivity index (χ3v) is 2.95. The van der Waals surface area contributed by atoms with Gasteiger partial charge in [0, 0.05) is 17.7 Å². The van der Waals surface area contributed by atoms with E-state index in [-0.39, 0.29) is 12.5 Å². The Hall–Kier alpha value is -2.89. The van der Waals surface area contributed by atoms with Gasteiger partial charge in [-0.05, 0) is 30.2 Å². The predicted molar refractivity (Wildman–Crippen MR) is 75.5 cm³/mol. The molecule has 1 aromatic heterocycles. The van der Waals surface area contributed by atoms with Crippen molar-refractivity contribution in [3.05, 3.63) is 59.0 Å². The quantitative estimate of drug-likeness (QED) is 0.820. The van der Waals surface area contributed by atoms with Crippen molar-refractivity contribution in [3.63, 3.8) is 0 Å². The van der Waals surface area contributed by atoms with E-state index in [2.05, 4.69) is 15.0 Å². The number of aromatic nitrogens is 1. The van der Waals surface area contributed by atoms with Gasteiger partial charge < -0.3 is 14.9 Å². The minimum atomic E-state index is -1.03. The molecule has 1 aromatic carbocycles. The van der Waals surface area contributed by atoms with Crippen LogP contribution < -0.4 is 5.32 Å². The van der Waals surface area contributed by atoms with E-state index in [0.717, 1.165) is 6.08 Å². The van der Waals surface area contributed by atoms with E-state index in [9.17, 15) is 9.59 Å². The lowest BCUT2D eigenvalue weighted by Crippen LogP contribution is -2.23. The van der Waals surface area contributed by atoms with E-state index in [1.807, 2.05) is 0 Å². The van der Waals surface area contributed by atoms with Crippen LogP contribution in [0.3, 0.4) is 0 Å². The average Bonchev–Trinajstić information content (AvgIpc) is 2.97. The summed E-state index contributed by atoms with van der Waals surface area (Å²) >= 11 is 0. The summed E-state index contributed by atoms with van der Waals surface area (Å²) in [6, 6.07) is 6.81. The van der Waals surface area contributed by atoms with Gasteiger partial charge in [-0.15, -0.1) is 0 Å². The largest absolute Gasteiger partial charge is 0.478 e. The van der Waals surface area contributed by atoms with Crippen LogP contribution in [0, 0.1) is 6.92 Å². The Balaban J connectivity index is 2.13. The van der Waals surface area contributed by atoms with Crippen LogP contribution >= 0.6 is 0 Å². The lowest BCUT2D eigenvalue weighted by molar-refractivity contribution is -0.131. The first-order valence-corrected chi connectivity index (χ1v) is 6.26. The minimum Gasteiger partial charge on any atom is -0.478 e. The molecule has 0 aliphatic carbocycles. The minimum absolute atomic E-state index is 0.249. The molecule has 0 atom stereocenters. The van der Waals surface area contributed by atoms with Gasteiger partial charge in [0.2, 0.25) is 0 Å². The van der Waals surface area contributed by atoms with Crippen molar-refractivity contribution < 1.29 is 19.2 Å². The second-order valence-corrected chi connectivity index (χ2v) is 4.36. The number of amides is 1. The van der Waals surface area contributed by atoms with Gasteiger partial charge in [-0.3, -0.25) is 4.79 Å². The lowest BCUT2D eigenvalue weighted by atomic mass is 10.0. The molecule has 0 bridgehead atoms. The van der Waals surface area contributed by atoms with E-state index < -0.39 is 5.97 Å². The van der Waals surface area contributed by atoms with Gasteiger partial charge in [0.15, 0.2) is 0 Å². The number of carboxylic acids is 1. The predicted octanol–water partition coefficient (Wildman–Crippen LogP) is 2.01. The van der Waals surface area contributed by atoms with Crippen LogP contribution in [0.5, 0.6) is 0 Å². The summed E-state index contributed by atoms with van der Waals surface area (Å²) in [4.78, 5) is 22.7. The number of carboxylic acid groups (broad SMARTS) is 1. The van der Waals surface area contributed by atoms with Gasteiger partial charge in [0.1, 0.15) is 12.0 Å². The van der Waals surface area contributed by atoms with E-state index in [4.69, 9.17) is 5.11 Å². The Labute approximate surface area is 121 Å². The maximum atomic E-state index is 12.1. The van der Waals surface area contributed by atoms with Gasteiger partial charge in [-0.2, -0.15) is 0 Å². The van der Waals surface area contributed by atoms with Crippen LogP contribution in [-0.2, 0) is 11.3 Å². The number of carbonyl (C=O) groups excluding carboxylic acids is 1. The van der Waals surface area contributed by atoms with Crippen molar-refractivity contribution in [3.8, 4) is 0 Å². The Kier molecular flexibility index (Phi) is 4.50. The molecule has 21 heavy (non-hydrogen) atoms. The normalized spacial score (nSPS) is 10.7. The molecule has 0 aliphatic heterocycles. The number of hydrogen-bond acceptors (Lipinski definition) is 4. The molecular formula is C15H14N2O4. The summed E-state index contributed by atoms with van der Waals surface area (Å²) in [6.07, 6.45) is 3.94. The van der Waals surface area contributed by atoms with Crippen LogP contribution in [-0.4, -0.2) is 22.1 Å². The molecule has 1 amide bonds. The fourth-order valence-electron chi connectivity index (χ4n) is 1.84. The molecule has 0 fully saturated rings. The SMILES string of the molecule is Cc1c(/C=C/C(=O)O)cccc1C(=O)NCc1ccon1. The molecule has 0 unspecified atom stereocenters. The Morgan fingerprint density at radius 3 is 2.86 bits per heavy atom. The van der Waals surface area contributed by atoms with Gasteiger partial charge in [-0.1, -0.05) is 17.3 Å². The molecule has 0 spiro atoms. The topological polar surface area (TPSA) is 92.4 Å². The molecule has 0 saturated heterocycles. The number of carbonyl (C=O) groups is 2. The van der Waals surface area contributed by atoms with Crippen molar-refractivity contribution in [1.82, 2.24) is 10.5 Å². The first-order valence-electron chi connectivity index (χ1n) is 6.26. The summed E-state index contributed by atoms with van der Waals surface area (Å²) in [5.74, 6) is -1.28. The van der Waals surface area contributed by atoms with E-state index in [1.165, 1.54) is 12.3 Å². The van der Waals surface area contributed by atoms with Crippen LogP contribution in [0.2, 0.25) is 0 Å². The van der Waals surface area contributed by atoms with Crippen LogP contribution in [0.1, 0.15) is 27.2 Å². The number of nitrogens with one attached hydrogen (secondary N) is 1. The van der Waals surface area contributed by atoms with Gasteiger partial charge >= 0.3 is 5.97 Å². The van der Waals surface area contributed by atoms with Crippen molar-refractivity contribution in [2.24, 2.45) is 0 Å².